The number of aromatic nitrogens is 4. The number of fused-ring (bicyclic) bond motifs is 5. The molecule has 4 heterocycles. The van der Waals surface area contributed by atoms with Crippen LogP contribution in [-0.2, 0) is 6.54 Å². The van der Waals surface area contributed by atoms with Crippen molar-refractivity contribution in [1.82, 2.24) is 24.2 Å². The lowest BCUT2D eigenvalue weighted by molar-refractivity contribution is 0.114. The van der Waals surface area contributed by atoms with Gasteiger partial charge in [-0.1, -0.05) is 23.7 Å². The summed E-state index contributed by atoms with van der Waals surface area (Å²) in [5.74, 6) is 0.725. The minimum atomic E-state index is -0.395. The van der Waals surface area contributed by atoms with Crippen LogP contribution in [0.1, 0.15) is 11.1 Å². The third kappa shape index (κ3) is 3.51. The lowest BCUT2D eigenvalue weighted by Crippen LogP contribution is -2.38. The number of benzene rings is 2. The topological polar surface area (TPSA) is 86.1 Å². The van der Waals surface area contributed by atoms with E-state index in [-0.39, 0.29) is 6.04 Å². The number of halogens is 1. The van der Waals surface area contributed by atoms with Crippen molar-refractivity contribution in [2.75, 3.05) is 32.1 Å². The van der Waals surface area contributed by atoms with Crippen molar-refractivity contribution < 1.29 is 5.11 Å². The first-order valence-electron chi connectivity index (χ1n) is 11.5. The van der Waals surface area contributed by atoms with E-state index >= 15 is 0 Å². The van der Waals surface area contributed by atoms with Crippen molar-refractivity contribution in [3.8, 4) is 34.4 Å². The molecule has 8 nitrogen and oxygen atoms in total. The maximum absolute atomic E-state index is 10.5. The average Bonchev–Trinajstić information content (AvgIpc) is 3.55. The van der Waals surface area contributed by atoms with Gasteiger partial charge < -0.3 is 19.5 Å². The van der Waals surface area contributed by atoms with Gasteiger partial charge in [0.25, 0.3) is 0 Å². The molecule has 0 bridgehead atoms. The van der Waals surface area contributed by atoms with Gasteiger partial charge in [-0.3, -0.25) is 4.57 Å². The summed E-state index contributed by atoms with van der Waals surface area (Å²) in [6.45, 7) is 1.94. The van der Waals surface area contributed by atoms with Crippen LogP contribution in [0.4, 0.5) is 5.69 Å². The molecule has 9 heteroatoms. The molecule has 0 radical (unpaired) electrons. The zero-order chi connectivity index (χ0) is 24.3. The highest BCUT2D eigenvalue weighted by Crippen LogP contribution is 2.40. The summed E-state index contributed by atoms with van der Waals surface area (Å²) in [5, 5.41) is 28.9. The number of rotatable bonds is 3. The van der Waals surface area contributed by atoms with Crippen LogP contribution in [0.15, 0.2) is 54.9 Å². The van der Waals surface area contributed by atoms with Gasteiger partial charge in [0, 0.05) is 24.3 Å². The molecule has 0 saturated carbocycles. The monoisotopic (exact) mass is 485 g/mol. The predicted octanol–water partition coefficient (Wildman–Crippen LogP) is 3.40. The molecule has 0 unspecified atom stereocenters. The van der Waals surface area contributed by atoms with Gasteiger partial charge in [-0.2, -0.15) is 5.26 Å². The molecule has 176 valence electrons. The first kappa shape index (κ1) is 21.9. The quantitative estimate of drug-likeness (QED) is 0.421. The smallest absolute Gasteiger partial charge is 0.185 e. The molecular formula is C26H24ClN7O. The Morgan fingerprint density at radius 1 is 1.11 bits per heavy atom. The second-order valence-electron chi connectivity index (χ2n) is 9.35. The Balaban J connectivity index is 1.43. The summed E-state index contributed by atoms with van der Waals surface area (Å²) in [7, 11) is 4.01. The number of likely N-dealkylation sites (N-methyl/N-ethyl adjacent to an activating group) is 1. The molecule has 0 amide bonds. The van der Waals surface area contributed by atoms with E-state index in [2.05, 4.69) is 48.8 Å². The van der Waals surface area contributed by atoms with Gasteiger partial charge in [-0.05, 0) is 61.6 Å². The van der Waals surface area contributed by atoms with E-state index in [0.717, 1.165) is 46.1 Å². The highest BCUT2D eigenvalue weighted by molar-refractivity contribution is 6.32. The summed E-state index contributed by atoms with van der Waals surface area (Å²) in [6, 6.07) is 18.1. The number of nitriles is 1. The molecule has 4 aromatic rings. The van der Waals surface area contributed by atoms with Crippen LogP contribution >= 0.6 is 11.6 Å². The minimum absolute atomic E-state index is 0.0961. The first-order valence-corrected chi connectivity index (χ1v) is 11.8. The van der Waals surface area contributed by atoms with Crippen LogP contribution in [0, 0.1) is 11.3 Å². The van der Waals surface area contributed by atoms with Crippen molar-refractivity contribution in [1.29, 1.82) is 5.26 Å². The van der Waals surface area contributed by atoms with Crippen LogP contribution in [0.5, 0.6) is 0 Å². The van der Waals surface area contributed by atoms with E-state index in [1.54, 1.807) is 18.5 Å². The van der Waals surface area contributed by atoms with Crippen molar-refractivity contribution in [3.05, 3.63) is 71.1 Å². The van der Waals surface area contributed by atoms with E-state index in [1.807, 2.05) is 36.9 Å². The molecule has 35 heavy (non-hydrogen) atoms. The average molecular weight is 486 g/mol. The molecule has 2 aromatic carbocycles. The van der Waals surface area contributed by atoms with Crippen molar-refractivity contribution in [2.24, 2.45) is 0 Å². The molecule has 2 aliphatic heterocycles. The molecule has 6 rings (SSSR count). The van der Waals surface area contributed by atoms with E-state index < -0.39 is 6.10 Å². The number of β-amino-alcohol motifs (C(OH)–C–C–N with tert-alkyl or cyclic N) is 1. The minimum Gasteiger partial charge on any atom is -0.390 e. The Morgan fingerprint density at radius 3 is 2.63 bits per heavy atom. The summed E-state index contributed by atoms with van der Waals surface area (Å²) < 4.78 is 4.06. The second kappa shape index (κ2) is 8.24. The molecule has 2 aliphatic rings. The molecule has 1 saturated heterocycles. The Labute approximate surface area is 208 Å². The highest BCUT2D eigenvalue weighted by Gasteiger charge is 2.33. The van der Waals surface area contributed by atoms with Crippen LogP contribution in [-0.4, -0.2) is 68.7 Å². The fourth-order valence-corrected chi connectivity index (χ4v) is 5.48. The number of anilines is 1. The maximum Gasteiger partial charge on any atom is 0.185 e. The Morgan fingerprint density at radius 2 is 1.91 bits per heavy atom. The number of aliphatic hydroxyl groups is 1. The predicted molar refractivity (Wildman–Crippen MR) is 135 cm³/mol. The van der Waals surface area contributed by atoms with Gasteiger partial charge in [0.05, 0.1) is 41.7 Å². The first-order chi connectivity index (χ1) is 16.9. The zero-order valence-electron chi connectivity index (χ0n) is 19.4. The third-order valence-corrected chi connectivity index (χ3v) is 7.48. The summed E-state index contributed by atoms with van der Waals surface area (Å²) in [4.78, 5) is 4.31. The Hall–Kier alpha value is -3.64. The molecule has 2 aromatic heterocycles. The van der Waals surface area contributed by atoms with Gasteiger partial charge in [0.1, 0.15) is 11.5 Å². The molecule has 1 fully saturated rings. The van der Waals surface area contributed by atoms with Gasteiger partial charge in [-0.25, -0.2) is 0 Å². The van der Waals surface area contributed by atoms with E-state index in [9.17, 15) is 5.11 Å². The molecular weight excluding hydrogens is 462 g/mol. The number of hydrogen-bond acceptors (Lipinski definition) is 6. The van der Waals surface area contributed by atoms with Crippen LogP contribution in [0.3, 0.4) is 0 Å². The lowest BCUT2D eigenvalue weighted by Gasteiger charge is -2.23. The van der Waals surface area contributed by atoms with Crippen LogP contribution in [0.25, 0.3) is 28.3 Å². The molecule has 2 atom stereocenters. The standard InChI is InChI=1S/C26H24ClN7O/c1-31(2)23-13-32(14-24(23)35)19-7-8-21-18(9-19)12-33-22(26-30-29-15-34(21)26)10-20(25(33)27)17-5-3-16(11-28)4-6-17/h3-10,15,23-24,35H,12-14H2,1-2H3/t23-,24-/m1/s1. The largest absolute Gasteiger partial charge is 0.390 e. The van der Waals surface area contributed by atoms with Crippen molar-refractivity contribution in [2.45, 2.75) is 18.7 Å². The molecule has 0 aliphatic carbocycles. The summed E-state index contributed by atoms with van der Waals surface area (Å²) in [5.41, 5.74) is 6.49. The highest BCUT2D eigenvalue weighted by atomic mass is 35.5. The van der Waals surface area contributed by atoms with E-state index in [1.165, 1.54) is 0 Å². The number of aliphatic hydroxyl groups excluding tert-OH is 1. The van der Waals surface area contributed by atoms with Gasteiger partial charge in [-0.15, -0.1) is 10.2 Å². The fourth-order valence-electron chi connectivity index (χ4n) is 5.17. The second-order valence-corrected chi connectivity index (χ2v) is 9.71. The maximum atomic E-state index is 10.5. The molecule has 0 spiro atoms. The SMILES string of the molecule is CN(C)[C@@H]1CN(c2ccc3c(c2)Cn2c(cc(-c4ccc(C#N)cc4)c2Cl)-c2nncn2-3)C[C@H]1O. The Bertz CT molecular complexity index is 1460. The van der Waals surface area contributed by atoms with E-state index in [4.69, 9.17) is 16.9 Å². The normalized spacial score (nSPS) is 18.7. The number of nitrogens with zero attached hydrogens (tertiary/aromatic N) is 7. The van der Waals surface area contributed by atoms with Crippen molar-refractivity contribution in [3.63, 3.8) is 0 Å². The Kier molecular flexibility index (Phi) is 5.15. The molecule has 1 N–H and O–H groups in total. The van der Waals surface area contributed by atoms with E-state index in [0.29, 0.717) is 23.8 Å². The zero-order valence-corrected chi connectivity index (χ0v) is 20.2. The van der Waals surface area contributed by atoms with Crippen LogP contribution < -0.4 is 4.90 Å². The summed E-state index contributed by atoms with van der Waals surface area (Å²) in [6.07, 6.45) is 1.33. The van der Waals surface area contributed by atoms with Gasteiger partial charge >= 0.3 is 0 Å². The fraction of sp³-hybridized carbons (Fsp3) is 0.269. The third-order valence-electron chi connectivity index (χ3n) is 7.07. The van der Waals surface area contributed by atoms with Gasteiger partial charge in [0.15, 0.2) is 5.82 Å². The van der Waals surface area contributed by atoms with Crippen molar-refractivity contribution >= 4 is 17.3 Å². The summed E-state index contributed by atoms with van der Waals surface area (Å²) >= 11 is 6.95. The van der Waals surface area contributed by atoms with Crippen LogP contribution in [0.2, 0.25) is 5.15 Å². The number of hydrogen-bond donors (Lipinski definition) is 1. The van der Waals surface area contributed by atoms with Gasteiger partial charge in [0.2, 0.25) is 0 Å². The lowest BCUT2D eigenvalue weighted by atomic mass is 10.1.